The Balaban J connectivity index is 2.09. The van der Waals surface area contributed by atoms with Gasteiger partial charge in [0.15, 0.2) is 0 Å². The highest BCUT2D eigenvalue weighted by atomic mass is 79.9. The zero-order valence-corrected chi connectivity index (χ0v) is 18.5. The molecule has 1 amide bonds. The summed E-state index contributed by atoms with van der Waals surface area (Å²) in [6.45, 7) is 4.68. The fourth-order valence-corrected chi connectivity index (χ4v) is 4.11. The smallest absolute Gasteiger partial charge is 0.307 e. The lowest BCUT2D eigenvalue weighted by Gasteiger charge is -2.30. The van der Waals surface area contributed by atoms with E-state index in [4.69, 9.17) is 4.74 Å². The second-order valence-electron chi connectivity index (χ2n) is 7.41. The lowest BCUT2D eigenvalue weighted by Crippen LogP contribution is -2.34. The van der Waals surface area contributed by atoms with Crippen LogP contribution >= 0.6 is 15.9 Å². The fraction of sp³-hybridized carbons (Fsp3) is 0.391. The minimum absolute atomic E-state index is 0.0559. The van der Waals surface area contributed by atoms with Crippen LogP contribution < -0.4 is 4.74 Å². The van der Waals surface area contributed by atoms with Crippen LogP contribution in [-0.2, 0) is 16.0 Å². The van der Waals surface area contributed by atoms with Gasteiger partial charge in [-0.25, -0.2) is 0 Å². The molecule has 0 saturated heterocycles. The van der Waals surface area contributed by atoms with Gasteiger partial charge in [-0.3, -0.25) is 9.59 Å². The zero-order chi connectivity index (χ0) is 21.1. The lowest BCUT2D eigenvalue weighted by molar-refractivity contribution is -0.136. The van der Waals surface area contributed by atoms with Gasteiger partial charge in [0.1, 0.15) is 5.75 Å². The summed E-state index contributed by atoms with van der Waals surface area (Å²) in [7, 11) is 1.60. The van der Waals surface area contributed by atoms with Gasteiger partial charge in [0.2, 0.25) is 5.91 Å². The van der Waals surface area contributed by atoms with Crippen molar-refractivity contribution in [3.63, 3.8) is 0 Å². The van der Waals surface area contributed by atoms with Crippen LogP contribution in [-0.4, -0.2) is 35.5 Å². The molecule has 29 heavy (non-hydrogen) atoms. The molecule has 3 rings (SSSR count). The molecule has 1 aliphatic carbocycles. The molecule has 2 aromatic rings. The number of carbonyl (C=O) groups is 2. The molecule has 0 aliphatic heterocycles. The van der Waals surface area contributed by atoms with Gasteiger partial charge in [0.05, 0.1) is 19.6 Å². The molecule has 6 heteroatoms. The number of ether oxygens (including phenoxy) is 1. The summed E-state index contributed by atoms with van der Waals surface area (Å²) in [5.74, 6) is 0.156. The summed E-state index contributed by atoms with van der Waals surface area (Å²) >= 11 is 3.56. The molecule has 154 valence electrons. The number of hydrogen-bond acceptors (Lipinski definition) is 3. The third kappa shape index (κ3) is 4.81. The van der Waals surface area contributed by atoms with Crippen molar-refractivity contribution >= 4 is 27.8 Å². The monoisotopic (exact) mass is 459 g/mol. The van der Waals surface area contributed by atoms with E-state index in [1.54, 1.807) is 19.2 Å². The molecule has 5 nitrogen and oxygen atoms in total. The van der Waals surface area contributed by atoms with Crippen LogP contribution in [0.2, 0.25) is 0 Å². The van der Waals surface area contributed by atoms with Crippen molar-refractivity contribution in [1.29, 1.82) is 0 Å². The van der Waals surface area contributed by atoms with Gasteiger partial charge < -0.3 is 14.7 Å². The molecule has 0 radical (unpaired) electrons. The van der Waals surface area contributed by atoms with Crippen LogP contribution in [0.5, 0.6) is 5.75 Å². The van der Waals surface area contributed by atoms with Crippen LogP contribution in [0.1, 0.15) is 43.9 Å². The van der Waals surface area contributed by atoms with E-state index in [1.807, 2.05) is 43.0 Å². The van der Waals surface area contributed by atoms with Crippen molar-refractivity contribution < 1.29 is 19.4 Å². The molecule has 1 fully saturated rings. The van der Waals surface area contributed by atoms with Crippen LogP contribution in [0.25, 0.3) is 11.1 Å². The summed E-state index contributed by atoms with van der Waals surface area (Å²) in [4.78, 5) is 25.9. The number of nitrogens with zero attached hydrogens (tertiary/aromatic N) is 1. The lowest BCUT2D eigenvalue weighted by atomic mass is 9.92. The van der Waals surface area contributed by atoms with Gasteiger partial charge in [-0.15, -0.1) is 0 Å². The summed E-state index contributed by atoms with van der Waals surface area (Å²) in [6.07, 6.45) is 1.89. The molecular weight excluding hydrogens is 434 g/mol. The summed E-state index contributed by atoms with van der Waals surface area (Å²) in [6, 6.07) is 11.3. The predicted octanol–water partition coefficient (Wildman–Crippen LogP) is 5.07. The van der Waals surface area contributed by atoms with Gasteiger partial charge >= 0.3 is 5.97 Å². The molecule has 0 heterocycles. The zero-order valence-electron chi connectivity index (χ0n) is 16.9. The SMILES string of the molecule is CCN(C(=O)C1CC1)C(C)c1cc(Br)ccc1-c1cc(CC(=O)O)ccc1OC. The average molecular weight is 460 g/mol. The molecule has 0 spiro atoms. The highest BCUT2D eigenvalue weighted by molar-refractivity contribution is 9.10. The maximum Gasteiger partial charge on any atom is 0.307 e. The van der Waals surface area contributed by atoms with Crippen molar-refractivity contribution in [2.45, 2.75) is 39.2 Å². The standard InChI is InChI=1S/C23H26BrNO4/c1-4-25(23(28)16-6-7-16)14(2)19-13-17(24)8-9-18(19)20-11-15(12-22(26)27)5-10-21(20)29-3/h5,8-11,13-14,16H,4,6-7,12H2,1-3H3,(H,26,27). The number of carboxylic acids is 1. The third-order valence-electron chi connectivity index (χ3n) is 5.39. The first-order valence-electron chi connectivity index (χ1n) is 9.84. The average Bonchev–Trinajstić information content (AvgIpc) is 3.53. The molecular formula is C23H26BrNO4. The maximum absolute atomic E-state index is 12.8. The number of methoxy groups -OCH3 is 1. The highest BCUT2D eigenvalue weighted by Crippen LogP contribution is 2.40. The Morgan fingerprint density at radius 2 is 1.93 bits per heavy atom. The van der Waals surface area contributed by atoms with E-state index >= 15 is 0 Å². The quantitative estimate of drug-likeness (QED) is 0.597. The molecule has 1 unspecified atom stereocenters. The second-order valence-corrected chi connectivity index (χ2v) is 8.33. The first-order chi connectivity index (χ1) is 13.8. The number of carbonyl (C=O) groups excluding carboxylic acids is 1. The third-order valence-corrected chi connectivity index (χ3v) is 5.88. The number of benzene rings is 2. The van der Waals surface area contributed by atoms with E-state index in [0.29, 0.717) is 17.9 Å². The Kier molecular flexibility index (Phi) is 6.63. The topological polar surface area (TPSA) is 66.8 Å². The highest BCUT2D eigenvalue weighted by Gasteiger charge is 2.35. The van der Waals surface area contributed by atoms with E-state index in [2.05, 4.69) is 15.9 Å². The number of carboxylic acid groups (broad SMARTS) is 1. The Bertz CT molecular complexity index is 923. The van der Waals surface area contributed by atoms with Gasteiger partial charge in [0, 0.05) is 22.5 Å². The van der Waals surface area contributed by atoms with Crippen molar-refractivity contribution in [1.82, 2.24) is 4.90 Å². The summed E-state index contributed by atoms with van der Waals surface area (Å²) in [5.41, 5.74) is 3.47. The molecule has 1 aliphatic rings. The van der Waals surface area contributed by atoms with Gasteiger partial charge in [-0.1, -0.05) is 28.1 Å². The largest absolute Gasteiger partial charge is 0.496 e. The van der Waals surface area contributed by atoms with E-state index in [-0.39, 0.29) is 24.3 Å². The number of halogens is 1. The van der Waals surface area contributed by atoms with Crippen LogP contribution in [0.15, 0.2) is 40.9 Å². The number of hydrogen-bond donors (Lipinski definition) is 1. The normalized spacial score (nSPS) is 14.3. The predicted molar refractivity (Wildman–Crippen MR) is 116 cm³/mol. The van der Waals surface area contributed by atoms with Crippen molar-refractivity contribution in [2.24, 2.45) is 5.92 Å². The van der Waals surface area contributed by atoms with Crippen molar-refractivity contribution in [2.75, 3.05) is 13.7 Å². The van der Waals surface area contributed by atoms with E-state index in [1.165, 1.54) is 0 Å². The Morgan fingerprint density at radius 3 is 2.52 bits per heavy atom. The summed E-state index contributed by atoms with van der Waals surface area (Å²) in [5, 5.41) is 9.18. The maximum atomic E-state index is 12.8. The molecule has 1 saturated carbocycles. The first kappa shape index (κ1) is 21.4. The summed E-state index contributed by atoms with van der Waals surface area (Å²) < 4.78 is 6.50. The van der Waals surface area contributed by atoms with Crippen LogP contribution in [0, 0.1) is 5.92 Å². The molecule has 2 aromatic carbocycles. The van der Waals surface area contributed by atoms with Gasteiger partial charge in [0.25, 0.3) is 0 Å². The van der Waals surface area contributed by atoms with Crippen LogP contribution in [0.3, 0.4) is 0 Å². The second kappa shape index (κ2) is 8.99. The molecule has 0 bridgehead atoms. The van der Waals surface area contributed by atoms with Crippen molar-refractivity contribution in [3.8, 4) is 16.9 Å². The fourth-order valence-electron chi connectivity index (χ4n) is 3.73. The minimum atomic E-state index is -0.877. The van der Waals surface area contributed by atoms with Gasteiger partial charge in [-0.05, 0) is 67.6 Å². The first-order valence-corrected chi connectivity index (χ1v) is 10.6. The van der Waals surface area contributed by atoms with E-state index in [9.17, 15) is 14.7 Å². The van der Waals surface area contributed by atoms with Crippen molar-refractivity contribution in [3.05, 3.63) is 52.0 Å². The Morgan fingerprint density at radius 1 is 1.21 bits per heavy atom. The Labute approximate surface area is 179 Å². The molecule has 1 N–H and O–H groups in total. The number of rotatable bonds is 8. The van der Waals surface area contributed by atoms with E-state index < -0.39 is 5.97 Å². The van der Waals surface area contributed by atoms with Gasteiger partial charge in [-0.2, -0.15) is 0 Å². The Hall–Kier alpha value is -2.34. The molecule has 0 aromatic heterocycles. The number of aliphatic carboxylic acids is 1. The van der Waals surface area contributed by atoms with E-state index in [0.717, 1.165) is 34.0 Å². The van der Waals surface area contributed by atoms with Crippen LogP contribution in [0.4, 0.5) is 0 Å². The number of amides is 1. The minimum Gasteiger partial charge on any atom is -0.496 e. The molecule has 1 atom stereocenters.